The van der Waals surface area contributed by atoms with Gasteiger partial charge in [0.05, 0.1) is 12.2 Å². The highest BCUT2D eigenvalue weighted by molar-refractivity contribution is 5.10. The molecule has 2 fully saturated rings. The van der Waals surface area contributed by atoms with Crippen molar-refractivity contribution in [1.82, 2.24) is 29.5 Å². The molecule has 0 spiro atoms. The number of aryl methyl sites for hydroxylation is 1. The number of aromatic nitrogens is 4. The highest BCUT2D eigenvalue weighted by atomic mass is 15.3. The number of nitrogens with zero attached hydrogens (tertiary/aromatic N) is 6. The fourth-order valence-electron chi connectivity index (χ4n) is 4.52. The van der Waals surface area contributed by atoms with Crippen LogP contribution < -0.4 is 0 Å². The van der Waals surface area contributed by atoms with Crippen LogP contribution in [0.4, 0.5) is 0 Å². The van der Waals surface area contributed by atoms with Crippen LogP contribution in [0.15, 0.2) is 18.2 Å². The first-order chi connectivity index (χ1) is 13.2. The van der Waals surface area contributed by atoms with Crippen LogP contribution in [0.2, 0.25) is 0 Å². The van der Waals surface area contributed by atoms with Crippen LogP contribution in [0.5, 0.6) is 0 Å². The van der Waals surface area contributed by atoms with E-state index in [0.29, 0.717) is 5.92 Å². The van der Waals surface area contributed by atoms with E-state index in [0.717, 1.165) is 57.1 Å². The van der Waals surface area contributed by atoms with Gasteiger partial charge >= 0.3 is 0 Å². The fourth-order valence-corrected chi connectivity index (χ4v) is 4.52. The van der Waals surface area contributed by atoms with Crippen molar-refractivity contribution in [3.05, 3.63) is 41.2 Å². The average Bonchev–Trinajstić information content (AvgIpc) is 3.32. The van der Waals surface area contributed by atoms with Crippen molar-refractivity contribution in [3.63, 3.8) is 0 Å². The van der Waals surface area contributed by atoms with Gasteiger partial charge in [0.25, 0.3) is 0 Å². The van der Waals surface area contributed by atoms with Crippen molar-refractivity contribution in [3.8, 4) is 0 Å². The summed E-state index contributed by atoms with van der Waals surface area (Å²) in [6.45, 7) is 11.8. The molecule has 0 radical (unpaired) electrons. The third-order valence-corrected chi connectivity index (χ3v) is 6.02. The Kier molecular flexibility index (Phi) is 5.83. The normalized spacial score (nSPS) is 19.8. The molecule has 0 bridgehead atoms. The van der Waals surface area contributed by atoms with Gasteiger partial charge in [0.1, 0.15) is 11.6 Å². The molecule has 2 aliphatic heterocycles. The van der Waals surface area contributed by atoms with E-state index in [1.165, 1.54) is 37.4 Å². The first kappa shape index (κ1) is 18.6. The standard InChI is InChI=1S/C21H32N6/c1-3-27-20(16-25-11-4-5-12-25)23-24-21(27)18-9-13-26(14-10-18)15-19-8-6-7-17(2)22-19/h6-8,18H,3-5,9-16H2,1-2H3. The average molecular weight is 369 g/mol. The number of likely N-dealkylation sites (tertiary alicyclic amines) is 2. The van der Waals surface area contributed by atoms with Crippen LogP contribution in [0.1, 0.15) is 61.6 Å². The lowest BCUT2D eigenvalue weighted by Gasteiger charge is -2.31. The smallest absolute Gasteiger partial charge is 0.147 e. The molecule has 27 heavy (non-hydrogen) atoms. The predicted molar refractivity (Wildman–Crippen MR) is 106 cm³/mol. The molecule has 0 saturated carbocycles. The fraction of sp³-hybridized carbons (Fsp3) is 0.667. The maximum atomic E-state index is 4.65. The van der Waals surface area contributed by atoms with Gasteiger partial charge in [-0.3, -0.25) is 14.8 Å². The third kappa shape index (κ3) is 4.38. The number of hydrogen-bond donors (Lipinski definition) is 0. The molecule has 2 saturated heterocycles. The molecule has 6 heteroatoms. The summed E-state index contributed by atoms with van der Waals surface area (Å²) >= 11 is 0. The molecule has 4 heterocycles. The van der Waals surface area contributed by atoms with Crippen molar-refractivity contribution >= 4 is 0 Å². The highest BCUT2D eigenvalue weighted by Crippen LogP contribution is 2.28. The number of piperidine rings is 1. The van der Waals surface area contributed by atoms with E-state index >= 15 is 0 Å². The predicted octanol–water partition coefficient (Wildman–Crippen LogP) is 2.98. The zero-order valence-electron chi connectivity index (χ0n) is 16.8. The SMILES string of the molecule is CCn1c(CN2CCCC2)nnc1C1CCN(Cc2cccc(C)n2)CC1. The molecule has 0 amide bonds. The number of rotatable bonds is 6. The number of hydrogen-bond acceptors (Lipinski definition) is 5. The van der Waals surface area contributed by atoms with Gasteiger partial charge < -0.3 is 4.57 Å². The molecule has 0 aliphatic carbocycles. The van der Waals surface area contributed by atoms with Crippen molar-refractivity contribution < 1.29 is 0 Å². The van der Waals surface area contributed by atoms with E-state index in [9.17, 15) is 0 Å². The van der Waals surface area contributed by atoms with Gasteiger partial charge in [-0.2, -0.15) is 0 Å². The van der Waals surface area contributed by atoms with Gasteiger partial charge in [0, 0.05) is 24.7 Å². The monoisotopic (exact) mass is 368 g/mol. The molecule has 2 aliphatic rings. The van der Waals surface area contributed by atoms with Crippen LogP contribution >= 0.6 is 0 Å². The van der Waals surface area contributed by atoms with Crippen molar-refractivity contribution in [2.24, 2.45) is 0 Å². The minimum Gasteiger partial charge on any atom is -0.314 e. The summed E-state index contributed by atoms with van der Waals surface area (Å²) in [7, 11) is 0. The first-order valence-corrected chi connectivity index (χ1v) is 10.5. The summed E-state index contributed by atoms with van der Waals surface area (Å²) in [6, 6.07) is 6.31. The van der Waals surface area contributed by atoms with E-state index in [-0.39, 0.29) is 0 Å². The lowest BCUT2D eigenvalue weighted by Crippen LogP contribution is -2.33. The van der Waals surface area contributed by atoms with Crippen LogP contribution in [-0.4, -0.2) is 55.7 Å². The minimum absolute atomic E-state index is 0.534. The summed E-state index contributed by atoms with van der Waals surface area (Å²) < 4.78 is 2.38. The Balaban J connectivity index is 1.37. The second-order valence-electron chi connectivity index (χ2n) is 8.02. The maximum absolute atomic E-state index is 4.65. The lowest BCUT2D eigenvalue weighted by atomic mass is 9.95. The Morgan fingerprint density at radius 3 is 2.41 bits per heavy atom. The van der Waals surface area contributed by atoms with Crippen molar-refractivity contribution in [2.45, 2.75) is 65.1 Å². The van der Waals surface area contributed by atoms with E-state index in [4.69, 9.17) is 0 Å². The summed E-state index contributed by atoms with van der Waals surface area (Å²) in [5, 5.41) is 9.20. The van der Waals surface area contributed by atoms with E-state index in [1.807, 2.05) is 0 Å². The lowest BCUT2D eigenvalue weighted by molar-refractivity contribution is 0.197. The summed E-state index contributed by atoms with van der Waals surface area (Å²) in [6.07, 6.45) is 4.96. The second-order valence-corrected chi connectivity index (χ2v) is 8.02. The van der Waals surface area contributed by atoms with Crippen LogP contribution in [-0.2, 0) is 19.6 Å². The summed E-state index contributed by atoms with van der Waals surface area (Å²) in [5.74, 6) is 2.90. The van der Waals surface area contributed by atoms with Gasteiger partial charge in [-0.25, -0.2) is 0 Å². The summed E-state index contributed by atoms with van der Waals surface area (Å²) in [4.78, 5) is 9.69. The van der Waals surface area contributed by atoms with E-state index in [1.54, 1.807) is 0 Å². The van der Waals surface area contributed by atoms with E-state index in [2.05, 4.69) is 61.6 Å². The molecule has 4 rings (SSSR count). The molecule has 146 valence electrons. The van der Waals surface area contributed by atoms with Crippen LogP contribution in [0.3, 0.4) is 0 Å². The van der Waals surface area contributed by atoms with Gasteiger partial charge in [0.15, 0.2) is 0 Å². The maximum Gasteiger partial charge on any atom is 0.147 e. The Hall–Kier alpha value is -1.79. The first-order valence-electron chi connectivity index (χ1n) is 10.5. The zero-order chi connectivity index (χ0) is 18.6. The largest absolute Gasteiger partial charge is 0.314 e. The van der Waals surface area contributed by atoms with Crippen molar-refractivity contribution in [1.29, 1.82) is 0 Å². The number of pyridine rings is 1. The molecular weight excluding hydrogens is 336 g/mol. The van der Waals surface area contributed by atoms with Gasteiger partial charge in [-0.1, -0.05) is 6.07 Å². The Labute approximate surface area is 162 Å². The molecule has 0 atom stereocenters. The molecule has 0 aromatic carbocycles. The summed E-state index contributed by atoms with van der Waals surface area (Å²) in [5.41, 5.74) is 2.28. The Morgan fingerprint density at radius 1 is 0.963 bits per heavy atom. The van der Waals surface area contributed by atoms with Crippen molar-refractivity contribution in [2.75, 3.05) is 26.2 Å². The topological polar surface area (TPSA) is 50.1 Å². The quantitative estimate of drug-likeness (QED) is 0.785. The van der Waals surface area contributed by atoms with Crippen LogP contribution in [0.25, 0.3) is 0 Å². The Morgan fingerprint density at radius 2 is 1.70 bits per heavy atom. The second kappa shape index (κ2) is 8.48. The van der Waals surface area contributed by atoms with Crippen LogP contribution in [0, 0.1) is 6.92 Å². The molecule has 2 aromatic heterocycles. The van der Waals surface area contributed by atoms with Gasteiger partial charge in [0.2, 0.25) is 0 Å². The zero-order valence-corrected chi connectivity index (χ0v) is 16.8. The molecular formula is C21H32N6. The Bertz CT molecular complexity index is 741. The van der Waals surface area contributed by atoms with E-state index < -0.39 is 0 Å². The minimum atomic E-state index is 0.534. The molecule has 6 nitrogen and oxygen atoms in total. The highest BCUT2D eigenvalue weighted by Gasteiger charge is 2.26. The third-order valence-electron chi connectivity index (χ3n) is 6.02. The molecule has 0 unspecified atom stereocenters. The molecule has 0 N–H and O–H groups in total. The molecule has 2 aromatic rings. The van der Waals surface area contributed by atoms with Gasteiger partial charge in [-0.15, -0.1) is 10.2 Å². The van der Waals surface area contributed by atoms with Gasteiger partial charge in [-0.05, 0) is 77.8 Å².